The molecule has 0 heterocycles. The zero-order valence-corrected chi connectivity index (χ0v) is 7.99. The van der Waals surface area contributed by atoms with Crippen molar-refractivity contribution in [1.29, 1.82) is 0 Å². The molecule has 4 N–H and O–H groups in total. The van der Waals surface area contributed by atoms with Crippen LogP contribution in [0.5, 0.6) is 5.75 Å². The third-order valence-corrected chi connectivity index (χ3v) is 1.78. The quantitative estimate of drug-likeness (QED) is 0.821. The van der Waals surface area contributed by atoms with Gasteiger partial charge in [0.15, 0.2) is 0 Å². The number of amides is 1. The first-order valence-corrected chi connectivity index (χ1v) is 4.20. The molecule has 1 aromatic rings. The number of ether oxygens (including phenoxy) is 1. The monoisotopic (exact) mass is 234 g/mol. The van der Waals surface area contributed by atoms with E-state index in [0.29, 0.717) is 5.56 Å². The standard InChI is InChI=1S/C9H9F3N2O2/c10-9(11,12)16-6-3-1-5(2-4-6)7(13)8(14)15/h1-4,7H,13H2,(H2,14,15). The molecule has 0 spiro atoms. The Balaban J connectivity index is 2.79. The molecule has 16 heavy (non-hydrogen) atoms. The molecule has 1 atom stereocenters. The van der Waals surface area contributed by atoms with Crippen LogP contribution in [0.15, 0.2) is 24.3 Å². The lowest BCUT2D eigenvalue weighted by Gasteiger charge is -2.11. The molecule has 0 saturated heterocycles. The summed E-state index contributed by atoms with van der Waals surface area (Å²) >= 11 is 0. The predicted molar refractivity (Wildman–Crippen MR) is 49.2 cm³/mol. The van der Waals surface area contributed by atoms with Crippen molar-refractivity contribution in [3.05, 3.63) is 29.8 Å². The van der Waals surface area contributed by atoms with Crippen LogP contribution in [0, 0.1) is 0 Å². The molecule has 88 valence electrons. The minimum absolute atomic E-state index is 0.321. The Morgan fingerprint density at radius 2 is 1.75 bits per heavy atom. The number of primary amides is 1. The van der Waals surface area contributed by atoms with E-state index in [1.165, 1.54) is 12.1 Å². The van der Waals surface area contributed by atoms with Crippen LogP contribution >= 0.6 is 0 Å². The van der Waals surface area contributed by atoms with Crippen LogP contribution in [0.25, 0.3) is 0 Å². The molecule has 0 aliphatic rings. The molecule has 0 aliphatic heterocycles. The summed E-state index contributed by atoms with van der Waals surface area (Å²) in [5, 5.41) is 0. The van der Waals surface area contributed by atoms with Gasteiger partial charge in [-0.15, -0.1) is 13.2 Å². The Morgan fingerprint density at radius 3 is 2.12 bits per heavy atom. The van der Waals surface area contributed by atoms with E-state index in [2.05, 4.69) is 4.74 Å². The lowest BCUT2D eigenvalue weighted by atomic mass is 10.1. The summed E-state index contributed by atoms with van der Waals surface area (Å²) in [6, 6.07) is 3.57. The van der Waals surface area contributed by atoms with Gasteiger partial charge in [-0.1, -0.05) is 12.1 Å². The molecular weight excluding hydrogens is 225 g/mol. The molecule has 0 saturated carbocycles. The molecule has 0 aromatic heterocycles. The van der Waals surface area contributed by atoms with Gasteiger partial charge < -0.3 is 16.2 Å². The minimum atomic E-state index is -4.74. The Kier molecular flexibility index (Phi) is 3.38. The fraction of sp³-hybridized carbons (Fsp3) is 0.222. The smallest absolute Gasteiger partial charge is 0.406 e. The van der Waals surface area contributed by atoms with Gasteiger partial charge in [-0.2, -0.15) is 0 Å². The zero-order chi connectivity index (χ0) is 12.3. The predicted octanol–water partition coefficient (Wildman–Crippen LogP) is 1.07. The summed E-state index contributed by atoms with van der Waals surface area (Å²) in [5.41, 5.74) is 10.6. The highest BCUT2D eigenvalue weighted by molar-refractivity contribution is 5.81. The van der Waals surface area contributed by atoms with Gasteiger partial charge in [-0.3, -0.25) is 4.79 Å². The van der Waals surface area contributed by atoms with Gasteiger partial charge in [0.2, 0.25) is 5.91 Å². The second-order valence-corrected chi connectivity index (χ2v) is 3.00. The molecule has 1 unspecified atom stereocenters. The van der Waals surface area contributed by atoms with Gasteiger partial charge in [-0.25, -0.2) is 0 Å². The van der Waals surface area contributed by atoms with Crippen molar-refractivity contribution < 1.29 is 22.7 Å². The van der Waals surface area contributed by atoms with E-state index in [9.17, 15) is 18.0 Å². The van der Waals surface area contributed by atoms with E-state index in [1.54, 1.807) is 0 Å². The number of nitrogens with two attached hydrogens (primary N) is 2. The second kappa shape index (κ2) is 4.40. The summed E-state index contributed by atoms with van der Waals surface area (Å²) in [6.45, 7) is 0. The normalized spacial score (nSPS) is 13.2. The topological polar surface area (TPSA) is 78.3 Å². The minimum Gasteiger partial charge on any atom is -0.406 e. The van der Waals surface area contributed by atoms with Crippen LogP contribution in [0.3, 0.4) is 0 Å². The number of carbonyl (C=O) groups excluding carboxylic acids is 1. The van der Waals surface area contributed by atoms with E-state index < -0.39 is 18.3 Å². The van der Waals surface area contributed by atoms with Crippen LogP contribution in [-0.2, 0) is 4.79 Å². The second-order valence-electron chi connectivity index (χ2n) is 3.00. The first kappa shape index (κ1) is 12.3. The number of halogens is 3. The van der Waals surface area contributed by atoms with Crippen molar-refractivity contribution in [2.24, 2.45) is 11.5 Å². The lowest BCUT2D eigenvalue weighted by Crippen LogP contribution is -2.28. The van der Waals surface area contributed by atoms with Crippen molar-refractivity contribution >= 4 is 5.91 Å². The molecule has 0 bridgehead atoms. The summed E-state index contributed by atoms with van der Waals surface area (Å²) in [4.78, 5) is 10.7. The molecule has 4 nitrogen and oxygen atoms in total. The molecular formula is C9H9F3N2O2. The van der Waals surface area contributed by atoms with Crippen LogP contribution in [-0.4, -0.2) is 12.3 Å². The van der Waals surface area contributed by atoms with Crippen LogP contribution in [0.2, 0.25) is 0 Å². The highest BCUT2D eigenvalue weighted by Gasteiger charge is 2.31. The van der Waals surface area contributed by atoms with Gasteiger partial charge in [0, 0.05) is 0 Å². The maximum Gasteiger partial charge on any atom is 0.573 e. The van der Waals surface area contributed by atoms with Crippen molar-refractivity contribution in [2.75, 3.05) is 0 Å². The molecule has 1 amide bonds. The maximum absolute atomic E-state index is 11.8. The number of alkyl halides is 3. The number of carbonyl (C=O) groups is 1. The SMILES string of the molecule is NC(=O)C(N)c1ccc(OC(F)(F)F)cc1. The van der Waals surface area contributed by atoms with E-state index in [4.69, 9.17) is 11.5 Å². The number of benzene rings is 1. The fourth-order valence-electron chi connectivity index (χ4n) is 1.04. The van der Waals surface area contributed by atoms with Crippen molar-refractivity contribution in [3.8, 4) is 5.75 Å². The molecule has 7 heteroatoms. The van der Waals surface area contributed by atoms with Crippen LogP contribution in [0.1, 0.15) is 11.6 Å². The summed E-state index contributed by atoms with van der Waals surface area (Å²) < 4.78 is 39.1. The Hall–Kier alpha value is -1.76. The molecule has 0 radical (unpaired) electrons. The molecule has 0 fully saturated rings. The van der Waals surface area contributed by atoms with Gasteiger partial charge in [-0.05, 0) is 17.7 Å². The Bertz CT molecular complexity index is 375. The number of hydrogen-bond acceptors (Lipinski definition) is 3. The molecule has 1 aromatic carbocycles. The summed E-state index contributed by atoms with van der Waals surface area (Å²) in [7, 11) is 0. The van der Waals surface area contributed by atoms with Crippen molar-refractivity contribution in [1.82, 2.24) is 0 Å². The number of hydrogen-bond donors (Lipinski definition) is 2. The van der Waals surface area contributed by atoms with Gasteiger partial charge in [0.25, 0.3) is 0 Å². The van der Waals surface area contributed by atoms with E-state index >= 15 is 0 Å². The fourth-order valence-corrected chi connectivity index (χ4v) is 1.04. The Labute approximate surface area is 89.0 Å². The first-order chi connectivity index (χ1) is 7.29. The van der Waals surface area contributed by atoms with Gasteiger partial charge in [0.05, 0.1) is 0 Å². The number of rotatable bonds is 3. The third-order valence-electron chi connectivity index (χ3n) is 1.78. The highest BCUT2D eigenvalue weighted by Crippen LogP contribution is 2.23. The van der Waals surface area contributed by atoms with E-state index in [0.717, 1.165) is 12.1 Å². The lowest BCUT2D eigenvalue weighted by molar-refractivity contribution is -0.274. The van der Waals surface area contributed by atoms with Gasteiger partial charge in [0.1, 0.15) is 11.8 Å². The summed E-state index contributed by atoms with van der Waals surface area (Å²) in [6.07, 6.45) is -4.74. The maximum atomic E-state index is 11.8. The van der Waals surface area contributed by atoms with E-state index in [1.807, 2.05) is 0 Å². The first-order valence-electron chi connectivity index (χ1n) is 4.20. The highest BCUT2D eigenvalue weighted by atomic mass is 19.4. The molecule has 1 rings (SSSR count). The third kappa shape index (κ3) is 3.43. The average Bonchev–Trinajstić information content (AvgIpc) is 2.15. The zero-order valence-electron chi connectivity index (χ0n) is 7.99. The van der Waals surface area contributed by atoms with Crippen molar-refractivity contribution in [3.63, 3.8) is 0 Å². The van der Waals surface area contributed by atoms with E-state index in [-0.39, 0.29) is 5.75 Å². The largest absolute Gasteiger partial charge is 0.573 e. The average molecular weight is 234 g/mol. The summed E-state index contributed by atoms with van der Waals surface area (Å²) in [5.74, 6) is -1.14. The van der Waals surface area contributed by atoms with Crippen molar-refractivity contribution in [2.45, 2.75) is 12.4 Å². The van der Waals surface area contributed by atoms with Gasteiger partial charge >= 0.3 is 6.36 Å². The van der Waals surface area contributed by atoms with Crippen LogP contribution in [0.4, 0.5) is 13.2 Å². The Morgan fingerprint density at radius 1 is 1.25 bits per heavy atom. The van der Waals surface area contributed by atoms with Crippen LogP contribution < -0.4 is 16.2 Å². The molecule has 0 aliphatic carbocycles.